The molecule has 1 aromatic carbocycles. The predicted molar refractivity (Wildman–Crippen MR) is 61.8 cm³/mol. The highest BCUT2D eigenvalue weighted by molar-refractivity contribution is 5.78. The fourth-order valence-corrected chi connectivity index (χ4v) is 1.58. The molecule has 15 heavy (non-hydrogen) atoms. The third-order valence-electron chi connectivity index (χ3n) is 2.52. The van der Waals surface area contributed by atoms with Crippen molar-refractivity contribution in [1.29, 1.82) is 0 Å². The number of ether oxygens (including phenoxy) is 1. The number of carbonyl (C=O) groups excluding carboxylic acids is 1. The molecular formula is C13H18O2. The van der Waals surface area contributed by atoms with Gasteiger partial charge < -0.3 is 4.74 Å². The van der Waals surface area contributed by atoms with Gasteiger partial charge in [0.25, 0.3) is 0 Å². The molecule has 1 aromatic rings. The molecule has 0 aliphatic heterocycles. The Kier molecular flexibility index (Phi) is 3.18. The van der Waals surface area contributed by atoms with E-state index in [1.54, 1.807) is 7.11 Å². The smallest absolute Gasteiger partial charge is 0.150 e. The highest BCUT2D eigenvalue weighted by Gasteiger charge is 2.20. The third kappa shape index (κ3) is 2.38. The van der Waals surface area contributed by atoms with Crippen LogP contribution in [0.1, 0.15) is 42.3 Å². The summed E-state index contributed by atoms with van der Waals surface area (Å²) in [5.74, 6) is 0.852. The van der Waals surface area contributed by atoms with Crippen LogP contribution in [0.3, 0.4) is 0 Å². The van der Waals surface area contributed by atoms with Crippen molar-refractivity contribution >= 4 is 6.29 Å². The van der Waals surface area contributed by atoms with E-state index in [-0.39, 0.29) is 5.41 Å². The normalized spacial score (nSPS) is 11.3. The zero-order valence-electron chi connectivity index (χ0n) is 10.0. The summed E-state index contributed by atoms with van der Waals surface area (Å²) in [5, 5.41) is 0. The van der Waals surface area contributed by atoms with Crippen LogP contribution in [-0.4, -0.2) is 13.4 Å². The molecule has 0 aliphatic rings. The Labute approximate surface area is 91.3 Å². The first kappa shape index (κ1) is 11.8. The van der Waals surface area contributed by atoms with E-state index in [9.17, 15) is 4.79 Å². The number of benzene rings is 1. The van der Waals surface area contributed by atoms with E-state index in [1.165, 1.54) is 0 Å². The highest BCUT2D eigenvalue weighted by atomic mass is 16.5. The van der Waals surface area contributed by atoms with E-state index < -0.39 is 0 Å². The van der Waals surface area contributed by atoms with E-state index in [2.05, 4.69) is 20.8 Å². The van der Waals surface area contributed by atoms with Gasteiger partial charge >= 0.3 is 0 Å². The number of hydrogen-bond acceptors (Lipinski definition) is 2. The molecule has 1 rings (SSSR count). The summed E-state index contributed by atoms with van der Waals surface area (Å²) in [6.07, 6.45) is 0.893. The Balaban J connectivity index is 3.42. The van der Waals surface area contributed by atoms with Gasteiger partial charge in [-0.3, -0.25) is 4.79 Å². The molecule has 0 spiro atoms. The molecule has 0 atom stereocenters. The number of aldehydes is 1. The standard InChI is InChI=1S/C13H18O2/c1-9-6-12(15-5)11(13(2,3)4)7-10(9)8-14/h6-8H,1-5H3. The Bertz CT molecular complexity index is 373. The summed E-state index contributed by atoms with van der Waals surface area (Å²) >= 11 is 0. The monoisotopic (exact) mass is 206 g/mol. The second-order valence-corrected chi connectivity index (χ2v) is 4.78. The second kappa shape index (κ2) is 4.05. The largest absolute Gasteiger partial charge is 0.496 e. The van der Waals surface area contributed by atoms with Crippen molar-refractivity contribution in [2.75, 3.05) is 7.11 Å². The molecule has 0 bridgehead atoms. The molecule has 0 heterocycles. The number of methoxy groups -OCH3 is 1. The van der Waals surface area contributed by atoms with Gasteiger partial charge in [-0.25, -0.2) is 0 Å². The number of hydrogen-bond donors (Lipinski definition) is 0. The van der Waals surface area contributed by atoms with E-state index in [1.807, 2.05) is 19.1 Å². The summed E-state index contributed by atoms with van der Waals surface area (Å²) in [5.41, 5.74) is 2.74. The van der Waals surface area contributed by atoms with Gasteiger partial charge in [0.15, 0.2) is 0 Å². The Morgan fingerprint density at radius 2 is 1.87 bits per heavy atom. The lowest BCUT2D eigenvalue weighted by molar-refractivity contribution is 0.112. The van der Waals surface area contributed by atoms with Crippen LogP contribution in [0.25, 0.3) is 0 Å². The number of carbonyl (C=O) groups is 1. The maximum atomic E-state index is 10.9. The van der Waals surface area contributed by atoms with Crippen LogP contribution in [-0.2, 0) is 5.41 Å². The average Bonchev–Trinajstić information content (AvgIpc) is 2.15. The molecule has 0 fully saturated rings. The van der Waals surface area contributed by atoms with Gasteiger partial charge in [0.1, 0.15) is 12.0 Å². The van der Waals surface area contributed by atoms with Gasteiger partial charge in [0.2, 0.25) is 0 Å². The summed E-state index contributed by atoms with van der Waals surface area (Å²) < 4.78 is 5.34. The van der Waals surface area contributed by atoms with Crippen LogP contribution < -0.4 is 4.74 Å². The SMILES string of the molecule is COc1cc(C)c(C=O)cc1C(C)(C)C. The van der Waals surface area contributed by atoms with Crippen molar-refractivity contribution in [2.24, 2.45) is 0 Å². The van der Waals surface area contributed by atoms with Crippen molar-refractivity contribution in [2.45, 2.75) is 33.1 Å². The molecule has 0 amide bonds. The minimum atomic E-state index is -0.0171. The van der Waals surface area contributed by atoms with Crippen LogP contribution in [0.15, 0.2) is 12.1 Å². The van der Waals surface area contributed by atoms with Gasteiger partial charge in [0.05, 0.1) is 7.11 Å². The lowest BCUT2D eigenvalue weighted by Crippen LogP contribution is -2.13. The highest BCUT2D eigenvalue weighted by Crippen LogP contribution is 2.33. The lowest BCUT2D eigenvalue weighted by atomic mass is 9.84. The van der Waals surface area contributed by atoms with Gasteiger partial charge in [0, 0.05) is 11.1 Å². The molecule has 82 valence electrons. The summed E-state index contributed by atoms with van der Waals surface area (Å²) in [4.78, 5) is 10.9. The van der Waals surface area contributed by atoms with E-state index >= 15 is 0 Å². The first-order valence-electron chi connectivity index (χ1n) is 5.04. The number of aryl methyl sites for hydroxylation is 1. The first-order chi connectivity index (χ1) is 6.90. The predicted octanol–water partition coefficient (Wildman–Crippen LogP) is 3.11. The minimum absolute atomic E-state index is 0.0171. The van der Waals surface area contributed by atoms with Crippen LogP contribution in [0.5, 0.6) is 5.75 Å². The Morgan fingerprint density at radius 1 is 1.27 bits per heavy atom. The van der Waals surface area contributed by atoms with Gasteiger partial charge in [-0.2, -0.15) is 0 Å². The second-order valence-electron chi connectivity index (χ2n) is 4.78. The quantitative estimate of drug-likeness (QED) is 0.695. The van der Waals surface area contributed by atoms with Crippen LogP contribution in [0.4, 0.5) is 0 Å². The molecule has 0 saturated heterocycles. The van der Waals surface area contributed by atoms with Crippen molar-refractivity contribution in [3.8, 4) is 5.75 Å². The zero-order chi connectivity index (χ0) is 11.6. The Morgan fingerprint density at radius 3 is 2.27 bits per heavy atom. The average molecular weight is 206 g/mol. The third-order valence-corrected chi connectivity index (χ3v) is 2.52. The maximum Gasteiger partial charge on any atom is 0.150 e. The van der Waals surface area contributed by atoms with Crippen molar-refractivity contribution in [3.63, 3.8) is 0 Å². The summed E-state index contributed by atoms with van der Waals surface area (Å²) in [6, 6.07) is 3.84. The maximum absolute atomic E-state index is 10.9. The minimum Gasteiger partial charge on any atom is -0.496 e. The van der Waals surface area contributed by atoms with Gasteiger partial charge in [-0.1, -0.05) is 20.8 Å². The van der Waals surface area contributed by atoms with E-state index in [4.69, 9.17) is 4.74 Å². The zero-order valence-corrected chi connectivity index (χ0v) is 10.0. The van der Waals surface area contributed by atoms with Gasteiger partial charge in [-0.15, -0.1) is 0 Å². The Hall–Kier alpha value is -1.31. The fraction of sp³-hybridized carbons (Fsp3) is 0.462. The molecular weight excluding hydrogens is 188 g/mol. The first-order valence-corrected chi connectivity index (χ1v) is 5.04. The molecule has 2 nitrogen and oxygen atoms in total. The molecule has 0 saturated carbocycles. The molecule has 0 aromatic heterocycles. The van der Waals surface area contributed by atoms with E-state index in [0.29, 0.717) is 0 Å². The number of rotatable bonds is 2. The molecule has 0 radical (unpaired) electrons. The molecule has 0 unspecified atom stereocenters. The molecule has 2 heteroatoms. The van der Waals surface area contributed by atoms with Crippen LogP contribution >= 0.6 is 0 Å². The summed E-state index contributed by atoms with van der Waals surface area (Å²) in [7, 11) is 1.66. The van der Waals surface area contributed by atoms with Crippen molar-refractivity contribution < 1.29 is 9.53 Å². The molecule has 0 N–H and O–H groups in total. The van der Waals surface area contributed by atoms with Gasteiger partial charge in [-0.05, 0) is 30.0 Å². The van der Waals surface area contributed by atoms with Crippen molar-refractivity contribution in [1.82, 2.24) is 0 Å². The van der Waals surface area contributed by atoms with Crippen molar-refractivity contribution in [3.05, 3.63) is 28.8 Å². The van der Waals surface area contributed by atoms with Crippen LogP contribution in [0, 0.1) is 6.92 Å². The summed E-state index contributed by atoms with van der Waals surface area (Å²) in [6.45, 7) is 8.23. The lowest BCUT2D eigenvalue weighted by Gasteiger charge is -2.23. The molecule has 0 aliphatic carbocycles. The van der Waals surface area contributed by atoms with Crippen LogP contribution in [0.2, 0.25) is 0 Å². The fourth-order valence-electron chi connectivity index (χ4n) is 1.58. The van der Waals surface area contributed by atoms with E-state index in [0.717, 1.165) is 28.7 Å². The topological polar surface area (TPSA) is 26.3 Å².